The largest absolute Gasteiger partial charge is 0.494 e. The van der Waals surface area contributed by atoms with E-state index in [4.69, 9.17) is 4.74 Å². The van der Waals surface area contributed by atoms with Gasteiger partial charge >= 0.3 is 0 Å². The molecule has 2 rings (SSSR count). The van der Waals surface area contributed by atoms with Gasteiger partial charge < -0.3 is 4.74 Å². The molecule has 0 atom stereocenters. The fourth-order valence-corrected chi connectivity index (χ4v) is 4.18. The highest BCUT2D eigenvalue weighted by Gasteiger charge is 2.22. The fraction of sp³-hybridized carbons (Fsp3) is 0.375. The molecule has 1 N–H and O–H groups in total. The van der Waals surface area contributed by atoms with Crippen molar-refractivity contribution in [1.82, 2.24) is 9.71 Å². The number of amides is 1. The highest BCUT2D eigenvalue weighted by Crippen LogP contribution is 2.21. The summed E-state index contributed by atoms with van der Waals surface area (Å²) in [6.07, 6.45) is 1.68. The number of aromatic nitrogens is 1. The maximum Gasteiger partial charge on any atom is 0.276 e. The van der Waals surface area contributed by atoms with Crippen molar-refractivity contribution in [3.05, 3.63) is 39.8 Å². The fourth-order valence-electron chi connectivity index (χ4n) is 2.09. The van der Waals surface area contributed by atoms with Crippen LogP contribution in [-0.4, -0.2) is 25.9 Å². The van der Waals surface area contributed by atoms with Gasteiger partial charge in [-0.25, -0.2) is 18.1 Å². The molecule has 1 heterocycles. The van der Waals surface area contributed by atoms with Crippen LogP contribution in [0.3, 0.4) is 0 Å². The lowest BCUT2D eigenvalue weighted by atomic mass is 10.3. The molecule has 2 aromatic rings. The first kappa shape index (κ1) is 18.4. The summed E-state index contributed by atoms with van der Waals surface area (Å²) in [5.41, 5.74) is 0.544. The maximum absolute atomic E-state index is 12.3. The van der Waals surface area contributed by atoms with E-state index < -0.39 is 15.9 Å². The number of sulfonamides is 1. The number of aryl methyl sites for hydroxylation is 2. The van der Waals surface area contributed by atoms with Crippen LogP contribution in [0.25, 0.3) is 0 Å². The lowest BCUT2D eigenvalue weighted by Gasteiger charge is -2.07. The Hall–Kier alpha value is -1.93. The summed E-state index contributed by atoms with van der Waals surface area (Å²) in [6.45, 7) is 6.06. The summed E-state index contributed by atoms with van der Waals surface area (Å²) in [4.78, 5) is 16.9. The highest BCUT2D eigenvalue weighted by molar-refractivity contribution is 7.90. The van der Waals surface area contributed by atoms with Crippen LogP contribution in [0, 0.1) is 6.92 Å². The molecule has 8 heteroatoms. The van der Waals surface area contributed by atoms with E-state index in [9.17, 15) is 13.2 Å². The quantitative estimate of drug-likeness (QED) is 0.812. The number of carbonyl (C=O) groups excluding carboxylic acids is 1. The maximum atomic E-state index is 12.3. The molecule has 0 aliphatic rings. The molecular weight excluding hydrogens is 348 g/mol. The third kappa shape index (κ3) is 4.33. The summed E-state index contributed by atoms with van der Waals surface area (Å²) in [5, 5.41) is 0.832. The Bertz CT molecular complexity index is 811. The van der Waals surface area contributed by atoms with E-state index in [1.54, 1.807) is 19.1 Å². The van der Waals surface area contributed by atoms with Gasteiger partial charge in [0.25, 0.3) is 15.9 Å². The van der Waals surface area contributed by atoms with Crippen LogP contribution >= 0.6 is 11.3 Å². The minimum absolute atomic E-state index is 0.00949. The normalized spacial score (nSPS) is 11.3. The van der Waals surface area contributed by atoms with Gasteiger partial charge in [0, 0.05) is 0 Å². The summed E-state index contributed by atoms with van der Waals surface area (Å²) < 4.78 is 32.1. The Kier molecular flexibility index (Phi) is 5.95. The molecule has 0 unspecified atom stereocenters. The van der Waals surface area contributed by atoms with E-state index in [1.807, 2.05) is 13.8 Å². The molecule has 24 heavy (non-hydrogen) atoms. The molecular formula is C16H20N2O4S2. The van der Waals surface area contributed by atoms with Gasteiger partial charge in [-0.3, -0.25) is 4.79 Å². The number of hydrogen-bond acceptors (Lipinski definition) is 6. The van der Waals surface area contributed by atoms with Gasteiger partial charge in [-0.1, -0.05) is 6.92 Å². The van der Waals surface area contributed by atoms with E-state index >= 15 is 0 Å². The minimum Gasteiger partial charge on any atom is -0.494 e. The van der Waals surface area contributed by atoms with Crippen LogP contribution < -0.4 is 9.46 Å². The first-order valence-corrected chi connectivity index (χ1v) is 9.93. The molecule has 6 nitrogen and oxygen atoms in total. The molecule has 1 aromatic heterocycles. The van der Waals surface area contributed by atoms with Gasteiger partial charge in [-0.15, -0.1) is 11.3 Å². The molecule has 0 saturated carbocycles. The number of nitrogens with zero attached hydrogens (tertiary/aromatic N) is 1. The van der Waals surface area contributed by atoms with Crippen LogP contribution in [0.2, 0.25) is 0 Å². The smallest absolute Gasteiger partial charge is 0.276 e. The zero-order chi connectivity index (χ0) is 17.7. The van der Waals surface area contributed by atoms with Crippen LogP contribution in [0.5, 0.6) is 5.75 Å². The lowest BCUT2D eigenvalue weighted by molar-refractivity contribution is 0.0984. The van der Waals surface area contributed by atoms with Crippen molar-refractivity contribution in [2.45, 2.75) is 38.5 Å². The Balaban J connectivity index is 2.17. The first-order chi connectivity index (χ1) is 11.4. The second kappa shape index (κ2) is 7.76. The number of nitrogens with one attached hydrogen (secondary N) is 1. The van der Waals surface area contributed by atoms with E-state index in [1.165, 1.54) is 23.5 Å². The van der Waals surface area contributed by atoms with E-state index in [2.05, 4.69) is 9.71 Å². The van der Waals surface area contributed by atoms with E-state index in [0.29, 0.717) is 22.9 Å². The number of ether oxygens (including phenoxy) is 1. The topological polar surface area (TPSA) is 85.4 Å². The number of benzene rings is 1. The van der Waals surface area contributed by atoms with Crippen molar-refractivity contribution < 1.29 is 17.9 Å². The second-order valence-corrected chi connectivity index (χ2v) is 7.88. The summed E-state index contributed by atoms with van der Waals surface area (Å²) >= 11 is 1.23. The molecule has 0 aliphatic heterocycles. The van der Waals surface area contributed by atoms with Gasteiger partial charge in [0.1, 0.15) is 10.6 Å². The summed E-state index contributed by atoms with van der Waals surface area (Å²) in [6, 6.07) is 5.92. The third-order valence-corrected chi connectivity index (χ3v) is 5.75. The SMILES string of the molecule is CCCc1nc(C)c(C(=O)NS(=O)(=O)c2ccc(OCC)cc2)s1. The summed E-state index contributed by atoms with van der Waals surface area (Å²) in [5.74, 6) is -0.0773. The third-order valence-electron chi connectivity index (χ3n) is 3.18. The zero-order valence-electron chi connectivity index (χ0n) is 13.8. The lowest BCUT2D eigenvalue weighted by Crippen LogP contribution is -2.30. The van der Waals surface area contributed by atoms with Crippen molar-refractivity contribution in [3.63, 3.8) is 0 Å². The van der Waals surface area contributed by atoms with Crippen LogP contribution in [-0.2, 0) is 16.4 Å². The van der Waals surface area contributed by atoms with Crippen molar-refractivity contribution in [2.75, 3.05) is 6.61 Å². The van der Waals surface area contributed by atoms with Crippen molar-refractivity contribution in [1.29, 1.82) is 0 Å². The van der Waals surface area contributed by atoms with Crippen molar-refractivity contribution >= 4 is 27.3 Å². The molecule has 0 saturated heterocycles. The predicted molar refractivity (Wildman–Crippen MR) is 93.1 cm³/mol. The van der Waals surface area contributed by atoms with Gasteiger partial charge in [-0.05, 0) is 51.0 Å². The Morgan fingerprint density at radius 2 is 1.92 bits per heavy atom. The Morgan fingerprint density at radius 1 is 1.25 bits per heavy atom. The number of thiazole rings is 1. The standard InChI is InChI=1S/C16H20N2O4S2/c1-4-6-14-17-11(3)15(23-14)16(19)18-24(20,21)13-9-7-12(8-10-13)22-5-2/h7-10H,4-6H2,1-3H3,(H,18,19). The highest BCUT2D eigenvalue weighted by atomic mass is 32.2. The predicted octanol–water partition coefficient (Wildman–Crippen LogP) is 2.92. The van der Waals surface area contributed by atoms with Gasteiger partial charge in [0.2, 0.25) is 0 Å². The number of rotatable bonds is 7. The second-order valence-electron chi connectivity index (χ2n) is 5.11. The Morgan fingerprint density at radius 3 is 2.50 bits per heavy atom. The molecule has 0 spiro atoms. The van der Waals surface area contributed by atoms with Gasteiger partial charge in [0.15, 0.2) is 0 Å². The average molecular weight is 368 g/mol. The number of hydrogen-bond donors (Lipinski definition) is 1. The monoisotopic (exact) mass is 368 g/mol. The number of carbonyl (C=O) groups is 1. The van der Waals surface area contributed by atoms with Crippen LogP contribution in [0.4, 0.5) is 0 Å². The first-order valence-electron chi connectivity index (χ1n) is 7.63. The molecule has 0 radical (unpaired) electrons. The van der Waals surface area contributed by atoms with Crippen molar-refractivity contribution in [2.24, 2.45) is 0 Å². The zero-order valence-corrected chi connectivity index (χ0v) is 15.5. The molecule has 0 bridgehead atoms. The Labute approximate surface area is 145 Å². The average Bonchev–Trinajstić information content (AvgIpc) is 2.89. The van der Waals surface area contributed by atoms with Crippen molar-refractivity contribution in [3.8, 4) is 5.75 Å². The molecule has 130 valence electrons. The molecule has 1 amide bonds. The molecule has 0 fully saturated rings. The van der Waals surface area contributed by atoms with Gasteiger partial charge in [-0.2, -0.15) is 0 Å². The van der Waals surface area contributed by atoms with Gasteiger partial charge in [0.05, 0.1) is 22.2 Å². The minimum atomic E-state index is -3.94. The van der Waals surface area contributed by atoms with E-state index in [-0.39, 0.29) is 4.90 Å². The summed E-state index contributed by atoms with van der Waals surface area (Å²) in [7, 11) is -3.94. The van der Waals surface area contributed by atoms with E-state index in [0.717, 1.165) is 17.8 Å². The molecule has 1 aromatic carbocycles. The molecule has 0 aliphatic carbocycles. The van der Waals surface area contributed by atoms with Crippen LogP contribution in [0.1, 0.15) is 40.6 Å². The van der Waals surface area contributed by atoms with Crippen LogP contribution in [0.15, 0.2) is 29.2 Å².